The third-order valence-corrected chi connectivity index (χ3v) is 6.03. The van der Waals surface area contributed by atoms with Gasteiger partial charge in [0, 0.05) is 25.0 Å². The van der Waals surface area contributed by atoms with Gasteiger partial charge in [0.2, 0.25) is 0 Å². The molecule has 1 aromatic carbocycles. The number of hydrogen-bond donors (Lipinski definition) is 0. The van der Waals surface area contributed by atoms with Gasteiger partial charge in [-0.15, -0.1) is 36.2 Å². The van der Waals surface area contributed by atoms with Gasteiger partial charge in [0.1, 0.15) is 0 Å². The van der Waals surface area contributed by atoms with Crippen LogP contribution in [0.5, 0.6) is 0 Å². The van der Waals surface area contributed by atoms with Crippen molar-refractivity contribution in [2.45, 2.75) is 38.8 Å². The van der Waals surface area contributed by atoms with Crippen LogP contribution >= 0.6 is 36.2 Å². The quantitative estimate of drug-likeness (QED) is 0.480. The molecule has 0 saturated carbocycles. The Morgan fingerprint density at radius 3 is 2.45 bits per heavy atom. The van der Waals surface area contributed by atoms with E-state index in [0.717, 1.165) is 18.0 Å². The van der Waals surface area contributed by atoms with Crippen LogP contribution in [-0.2, 0) is 13.1 Å². The van der Waals surface area contributed by atoms with Crippen molar-refractivity contribution < 1.29 is 4.52 Å². The SMILES string of the molecule is CN(Cc1ccccc1)c1noc(-c2ccc(CN3CCCCCC3)s2)n1.Cl.Cl. The zero-order valence-corrected chi connectivity index (χ0v) is 19.1. The molecule has 1 aliphatic rings. The molecule has 4 rings (SSSR count). The van der Waals surface area contributed by atoms with E-state index in [2.05, 4.69) is 39.3 Å². The number of nitrogens with zero attached hydrogens (tertiary/aromatic N) is 4. The molecule has 8 heteroatoms. The summed E-state index contributed by atoms with van der Waals surface area (Å²) >= 11 is 1.76. The highest BCUT2D eigenvalue weighted by molar-refractivity contribution is 7.15. The molecule has 0 aliphatic carbocycles. The summed E-state index contributed by atoms with van der Waals surface area (Å²) in [5, 5.41) is 4.16. The van der Waals surface area contributed by atoms with Crippen molar-refractivity contribution in [2.75, 3.05) is 25.0 Å². The van der Waals surface area contributed by atoms with E-state index in [1.807, 2.05) is 30.1 Å². The van der Waals surface area contributed by atoms with E-state index in [0.29, 0.717) is 11.8 Å². The van der Waals surface area contributed by atoms with Crippen molar-refractivity contribution in [1.29, 1.82) is 0 Å². The molecule has 0 bridgehead atoms. The van der Waals surface area contributed by atoms with E-state index in [4.69, 9.17) is 4.52 Å². The normalized spacial score (nSPS) is 14.5. The molecule has 3 heterocycles. The van der Waals surface area contributed by atoms with Crippen LogP contribution < -0.4 is 4.90 Å². The molecular weight excluding hydrogens is 427 g/mol. The summed E-state index contributed by atoms with van der Waals surface area (Å²) in [5.74, 6) is 1.23. The first-order chi connectivity index (χ1) is 13.3. The molecule has 1 aliphatic heterocycles. The second kappa shape index (κ2) is 11.6. The van der Waals surface area contributed by atoms with E-state index < -0.39 is 0 Å². The first-order valence-corrected chi connectivity index (χ1v) is 10.5. The van der Waals surface area contributed by atoms with Gasteiger partial charge in [0.05, 0.1) is 4.88 Å². The average Bonchev–Trinajstić information content (AvgIpc) is 3.28. The van der Waals surface area contributed by atoms with E-state index in [-0.39, 0.29) is 24.8 Å². The largest absolute Gasteiger partial charge is 0.337 e. The molecular formula is C21H28Cl2N4OS. The van der Waals surface area contributed by atoms with Gasteiger partial charge in [-0.05, 0) is 48.8 Å². The summed E-state index contributed by atoms with van der Waals surface area (Å²) in [6, 6.07) is 14.6. The third-order valence-electron chi connectivity index (χ3n) is 4.97. The number of thiophene rings is 1. The Morgan fingerprint density at radius 2 is 1.72 bits per heavy atom. The molecule has 1 saturated heterocycles. The Labute approximate surface area is 188 Å². The molecule has 0 N–H and O–H groups in total. The smallest absolute Gasteiger partial charge is 0.269 e. The van der Waals surface area contributed by atoms with Crippen molar-refractivity contribution in [3.8, 4) is 10.8 Å². The highest BCUT2D eigenvalue weighted by atomic mass is 35.5. The van der Waals surface area contributed by atoms with Crippen LogP contribution in [0.4, 0.5) is 5.95 Å². The van der Waals surface area contributed by atoms with E-state index >= 15 is 0 Å². The molecule has 158 valence electrons. The van der Waals surface area contributed by atoms with Gasteiger partial charge in [-0.3, -0.25) is 4.90 Å². The van der Waals surface area contributed by atoms with Gasteiger partial charge in [-0.1, -0.05) is 43.2 Å². The fourth-order valence-electron chi connectivity index (χ4n) is 3.49. The monoisotopic (exact) mass is 454 g/mol. The van der Waals surface area contributed by atoms with Crippen molar-refractivity contribution in [3.63, 3.8) is 0 Å². The standard InChI is InChI=1S/C21H26N4OS.2ClH/c1-24(15-17-9-5-4-6-10-17)21-22-20(26-23-21)19-12-11-18(27-19)16-25-13-7-2-3-8-14-25;;/h4-6,9-12H,2-3,7-8,13-16H2,1H3;2*1H. The van der Waals surface area contributed by atoms with Crippen LogP contribution in [-0.4, -0.2) is 35.2 Å². The fraction of sp³-hybridized carbons (Fsp3) is 0.429. The number of likely N-dealkylation sites (tertiary alicyclic amines) is 1. The highest BCUT2D eigenvalue weighted by Gasteiger charge is 2.16. The van der Waals surface area contributed by atoms with Gasteiger partial charge >= 0.3 is 0 Å². The van der Waals surface area contributed by atoms with Crippen LogP contribution in [0, 0.1) is 0 Å². The maximum atomic E-state index is 5.53. The molecule has 3 aromatic rings. The van der Waals surface area contributed by atoms with Crippen LogP contribution in [0.25, 0.3) is 10.8 Å². The van der Waals surface area contributed by atoms with Crippen LogP contribution in [0.2, 0.25) is 0 Å². The minimum absolute atomic E-state index is 0. The number of hydrogen-bond acceptors (Lipinski definition) is 6. The Bertz CT molecular complexity index is 847. The zero-order valence-electron chi connectivity index (χ0n) is 16.6. The molecule has 5 nitrogen and oxygen atoms in total. The molecule has 1 fully saturated rings. The summed E-state index contributed by atoms with van der Waals surface area (Å²) < 4.78 is 5.53. The second-order valence-corrected chi connectivity index (χ2v) is 8.37. The Hall–Kier alpha value is -1.60. The summed E-state index contributed by atoms with van der Waals surface area (Å²) in [6.07, 6.45) is 5.37. The average molecular weight is 455 g/mol. The topological polar surface area (TPSA) is 45.4 Å². The maximum Gasteiger partial charge on any atom is 0.269 e. The zero-order chi connectivity index (χ0) is 18.5. The number of benzene rings is 1. The summed E-state index contributed by atoms with van der Waals surface area (Å²) in [7, 11) is 1.99. The van der Waals surface area contributed by atoms with E-state index in [1.165, 1.54) is 49.2 Å². The summed E-state index contributed by atoms with van der Waals surface area (Å²) in [6.45, 7) is 4.20. The lowest BCUT2D eigenvalue weighted by Crippen LogP contribution is -2.23. The lowest BCUT2D eigenvalue weighted by molar-refractivity contribution is 0.279. The van der Waals surface area contributed by atoms with Gasteiger partial charge in [-0.2, -0.15) is 4.98 Å². The van der Waals surface area contributed by atoms with Crippen molar-refractivity contribution in [2.24, 2.45) is 0 Å². The molecule has 0 spiro atoms. The predicted molar refractivity (Wildman–Crippen MR) is 124 cm³/mol. The van der Waals surface area contributed by atoms with Gasteiger partial charge in [0.15, 0.2) is 0 Å². The lowest BCUT2D eigenvalue weighted by atomic mass is 10.2. The Kier molecular flexibility index (Phi) is 9.43. The van der Waals surface area contributed by atoms with E-state index in [1.54, 1.807) is 11.3 Å². The van der Waals surface area contributed by atoms with Crippen molar-refractivity contribution in [1.82, 2.24) is 15.0 Å². The summed E-state index contributed by atoms with van der Waals surface area (Å²) in [5.41, 5.74) is 1.22. The van der Waals surface area contributed by atoms with Gasteiger partial charge in [0.25, 0.3) is 11.8 Å². The minimum Gasteiger partial charge on any atom is -0.337 e. The lowest BCUT2D eigenvalue weighted by Gasteiger charge is -2.18. The molecule has 0 atom stereocenters. The van der Waals surface area contributed by atoms with Crippen molar-refractivity contribution >= 4 is 42.1 Å². The third kappa shape index (κ3) is 6.44. The molecule has 0 amide bonds. The highest BCUT2D eigenvalue weighted by Crippen LogP contribution is 2.29. The fourth-order valence-corrected chi connectivity index (χ4v) is 4.46. The first kappa shape index (κ1) is 23.7. The second-order valence-electron chi connectivity index (χ2n) is 7.20. The molecule has 2 aromatic heterocycles. The predicted octanol–water partition coefficient (Wildman–Crippen LogP) is 5.65. The molecule has 0 radical (unpaired) electrons. The molecule has 29 heavy (non-hydrogen) atoms. The Balaban J connectivity index is 0.00000150. The van der Waals surface area contributed by atoms with Crippen LogP contribution in [0.3, 0.4) is 0 Å². The van der Waals surface area contributed by atoms with Gasteiger partial charge < -0.3 is 9.42 Å². The summed E-state index contributed by atoms with van der Waals surface area (Å²) in [4.78, 5) is 11.6. The van der Waals surface area contributed by atoms with Gasteiger partial charge in [-0.25, -0.2) is 0 Å². The van der Waals surface area contributed by atoms with Crippen LogP contribution in [0.1, 0.15) is 36.1 Å². The van der Waals surface area contributed by atoms with Crippen molar-refractivity contribution in [3.05, 3.63) is 52.9 Å². The Morgan fingerprint density at radius 1 is 1.00 bits per heavy atom. The number of anilines is 1. The molecule has 0 unspecified atom stereocenters. The minimum atomic E-state index is 0. The maximum absolute atomic E-state index is 5.53. The van der Waals surface area contributed by atoms with E-state index in [9.17, 15) is 0 Å². The first-order valence-electron chi connectivity index (χ1n) is 9.68. The number of rotatable bonds is 6. The van der Waals surface area contributed by atoms with Crippen LogP contribution in [0.15, 0.2) is 47.0 Å². The number of aromatic nitrogens is 2. The number of halogens is 2.